The number of H-pyrrole nitrogens is 1. The number of fused-ring (bicyclic) bond motifs is 1. The number of amides is 1. The first-order chi connectivity index (χ1) is 10.1. The summed E-state index contributed by atoms with van der Waals surface area (Å²) in [5.41, 5.74) is 0.843. The van der Waals surface area contributed by atoms with Crippen LogP contribution < -0.4 is 0 Å². The molecule has 0 radical (unpaired) electrons. The quantitative estimate of drug-likeness (QED) is 0.910. The zero-order chi connectivity index (χ0) is 15.0. The molecule has 6 heteroatoms. The van der Waals surface area contributed by atoms with E-state index in [4.69, 9.17) is 0 Å². The lowest BCUT2D eigenvalue weighted by atomic mass is 10.1. The molecule has 1 aliphatic rings. The number of carboxylic acid groups (broad SMARTS) is 1. The van der Waals surface area contributed by atoms with E-state index in [0.29, 0.717) is 29.6 Å². The van der Waals surface area contributed by atoms with Crippen LogP contribution in [0, 0.1) is 5.82 Å². The van der Waals surface area contributed by atoms with Gasteiger partial charge in [-0.3, -0.25) is 4.79 Å². The standard InChI is InChI=1S/C15H15FN2O3/c16-9-3-4-12-10(7-9)11(14(17-12)15(20)21)8-13(19)18-5-1-2-6-18/h3-4,7,17H,1-2,5-6,8H2,(H,20,21). The van der Waals surface area contributed by atoms with Gasteiger partial charge >= 0.3 is 5.97 Å². The molecular formula is C15H15FN2O3. The molecule has 5 nitrogen and oxygen atoms in total. The molecular weight excluding hydrogens is 275 g/mol. The van der Waals surface area contributed by atoms with Gasteiger partial charge in [0.25, 0.3) is 0 Å². The summed E-state index contributed by atoms with van der Waals surface area (Å²) in [7, 11) is 0. The second kappa shape index (κ2) is 5.20. The van der Waals surface area contributed by atoms with Gasteiger partial charge in [-0.25, -0.2) is 9.18 Å². The van der Waals surface area contributed by atoms with Gasteiger partial charge in [0.05, 0.1) is 6.42 Å². The van der Waals surface area contributed by atoms with E-state index in [2.05, 4.69) is 4.98 Å². The van der Waals surface area contributed by atoms with Crippen molar-refractivity contribution in [3.05, 3.63) is 35.3 Å². The van der Waals surface area contributed by atoms with Crippen molar-refractivity contribution in [1.82, 2.24) is 9.88 Å². The summed E-state index contributed by atoms with van der Waals surface area (Å²) in [6.45, 7) is 1.41. The summed E-state index contributed by atoms with van der Waals surface area (Å²) in [6.07, 6.45) is 1.92. The SMILES string of the molecule is O=C(O)c1[nH]c2ccc(F)cc2c1CC(=O)N1CCCC1. The molecule has 1 fully saturated rings. The van der Waals surface area contributed by atoms with Gasteiger partial charge in [0.1, 0.15) is 11.5 Å². The number of carbonyl (C=O) groups is 2. The molecule has 2 aromatic rings. The molecule has 1 aliphatic heterocycles. The monoisotopic (exact) mass is 290 g/mol. The van der Waals surface area contributed by atoms with Gasteiger partial charge in [-0.05, 0) is 31.0 Å². The Morgan fingerprint density at radius 2 is 2.00 bits per heavy atom. The predicted octanol–water partition coefficient (Wildman–Crippen LogP) is 2.17. The molecule has 2 heterocycles. The van der Waals surface area contributed by atoms with Crippen LogP contribution in [-0.2, 0) is 11.2 Å². The summed E-state index contributed by atoms with van der Waals surface area (Å²) < 4.78 is 13.4. The van der Waals surface area contributed by atoms with Crippen molar-refractivity contribution in [2.45, 2.75) is 19.3 Å². The number of likely N-dealkylation sites (tertiary alicyclic amines) is 1. The molecule has 0 bridgehead atoms. The van der Waals surface area contributed by atoms with Crippen molar-refractivity contribution in [1.29, 1.82) is 0 Å². The van der Waals surface area contributed by atoms with E-state index < -0.39 is 11.8 Å². The van der Waals surface area contributed by atoms with Crippen LogP contribution in [0.15, 0.2) is 18.2 Å². The second-order valence-electron chi connectivity index (χ2n) is 5.24. The van der Waals surface area contributed by atoms with Gasteiger partial charge < -0.3 is 15.0 Å². The number of nitrogens with one attached hydrogen (secondary N) is 1. The van der Waals surface area contributed by atoms with Crippen molar-refractivity contribution < 1.29 is 19.1 Å². The third-order valence-electron chi connectivity index (χ3n) is 3.87. The minimum atomic E-state index is -1.14. The zero-order valence-electron chi connectivity index (χ0n) is 11.4. The maximum absolute atomic E-state index is 13.4. The number of nitrogens with zero attached hydrogens (tertiary/aromatic N) is 1. The van der Waals surface area contributed by atoms with Crippen LogP contribution in [0.25, 0.3) is 10.9 Å². The first-order valence-corrected chi connectivity index (χ1v) is 6.87. The lowest BCUT2D eigenvalue weighted by molar-refractivity contribution is -0.129. The van der Waals surface area contributed by atoms with Crippen molar-refractivity contribution in [2.75, 3.05) is 13.1 Å². The number of carboxylic acids is 1. The molecule has 2 N–H and O–H groups in total. The van der Waals surface area contributed by atoms with Gasteiger partial charge in [-0.2, -0.15) is 0 Å². The number of aromatic carboxylic acids is 1. The Bertz CT molecular complexity index is 717. The van der Waals surface area contributed by atoms with Crippen LogP contribution >= 0.6 is 0 Å². The van der Waals surface area contributed by atoms with Gasteiger partial charge in [-0.1, -0.05) is 0 Å². The fraction of sp³-hybridized carbons (Fsp3) is 0.333. The van der Waals surface area contributed by atoms with Gasteiger partial charge in [0.15, 0.2) is 0 Å². The summed E-state index contributed by atoms with van der Waals surface area (Å²) in [5, 5.41) is 9.72. The van der Waals surface area contributed by atoms with Crippen LogP contribution in [0.5, 0.6) is 0 Å². The summed E-state index contributed by atoms with van der Waals surface area (Å²) in [4.78, 5) is 28.0. The van der Waals surface area contributed by atoms with E-state index in [9.17, 15) is 19.1 Å². The van der Waals surface area contributed by atoms with E-state index >= 15 is 0 Å². The van der Waals surface area contributed by atoms with Crippen molar-refractivity contribution in [2.24, 2.45) is 0 Å². The fourth-order valence-electron chi connectivity index (χ4n) is 2.82. The number of halogens is 1. The van der Waals surface area contributed by atoms with E-state index in [0.717, 1.165) is 12.8 Å². The Morgan fingerprint density at radius 3 is 2.67 bits per heavy atom. The molecule has 0 unspecified atom stereocenters. The smallest absolute Gasteiger partial charge is 0.352 e. The van der Waals surface area contributed by atoms with Gasteiger partial charge in [-0.15, -0.1) is 0 Å². The Balaban J connectivity index is 2.02. The normalized spacial score (nSPS) is 14.8. The third-order valence-corrected chi connectivity index (χ3v) is 3.87. The highest BCUT2D eigenvalue weighted by molar-refractivity contribution is 6.00. The summed E-state index contributed by atoms with van der Waals surface area (Å²) in [5.74, 6) is -1.70. The van der Waals surface area contributed by atoms with Crippen LogP contribution in [0.1, 0.15) is 28.9 Å². The maximum Gasteiger partial charge on any atom is 0.352 e. The second-order valence-corrected chi connectivity index (χ2v) is 5.24. The van der Waals surface area contributed by atoms with E-state index in [1.165, 1.54) is 18.2 Å². The van der Waals surface area contributed by atoms with Crippen molar-refractivity contribution in [3.8, 4) is 0 Å². The minimum Gasteiger partial charge on any atom is -0.477 e. The Kier molecular flexibility index (Phi) is 3.37. The molecule has 0 atom stereocenters. The van der Waals surface area contributed by atoms with E-state index in [-0.39, 0.29) is 18.0 Å². The van der Waals surface area contributed by atoms with Crippen molar-refractivity contribution in [3.63, 3.8) is 0 Å². The number of benzene rings is 1. The number of carbonyl (C=O) groups excluding carboxylic acids is 1. The Hall–Kier alpha value is -2.37. The van der Waals surface area contributed by atoms with E-state index in [1.54, 1.807) is 4.90 Å². The molecule has 1 aromatic heterocycles. The molecule has 1 aromatic carbocycles. The fourth-order valence-corrected chi connectivity index (χ4v) is 2.82. The third kappa shape index (κ3) is 2.49. The average molecular weight is 290 g/mol. The molecule has 1 saturated heterocycles. The van der Waals surface area contributed by atoms with Crippen LogP contribution in [0.4, 0.5) is 4.39 Å². The number of aromatic nitrogens is 1. The first-order valence-electron chi connectivity index (χ1n) is 6.87. The van der Waals surface area contributed by atoms with Crippen molar-refractivity contribution >= 4 is 22.8 Å². The zero-order valence-corrected chi connectivity index (χ0v) is 11.4. The molecule has 110 valence electrons. The molecule has 0 saturated carbocycles. The van der Waals surface area contributed by atoms with Crippen LogP contribution in [-0.4, -0.2) is 40.0 Å². The van der Waals surface area contributed by atoms with Gasteiger partial charge in [0, 0.05) is 29.6 Å². The van der Waals surface area contributed by atoms with Crippen LogP contribution in [0.3, 0.4) is 0 Å². The number of hydrogen-bond donors (Lipinski definition) is 2. The average Bonchev–Trinajstić information content (AvgIpc) is 3.07. The highest BCUT2D eigenvalue weighted by Gasteiger charge is 2.24. The number of hydrogen-bond acceptors (Lipinski definition) is 2. The topological polar surface area (TPSA) is 73.4 Å². The number of rotatable bonds is 3. The lowest BCUT2D eigenvalue weighted by Gasteiger charge is -2.15. The Morgan fingerprint density at radius 1 is 1.29 bits per heavy atom. The predicted molar refractivity (Wildman–Crippen MR) is 74.7 cm³/mol. The summed E-state index contributed by atoms with van der Waals surface area (Å²) in [6, 6.07) is 4.02. The molecule has 1 amide bonds. The van der Waals surface area contributed by atoms with E-state index in [1.807, 2.05) is 0 Å². The minimum absolute atomic E-state index is 0.0227. The highest BCUT2D eigenvalue weighted by Crippen LogP contribution is 2.25. The lowest BCUT2D eigenvalue weighted by Crippen LogP contribution is -2.29. The first kappa shape index (κ1) is 13.6. The largest absolute Gasteiger partial charge is 0.477 e. The number of aromatic amines is 1. The molecule has 3 rings (SSSR count). The maximum atomic E-state index is 13.4. The van der Waals surface area contributed by atoms with Gasteiger partial charge in [0.2, 0.25) is 5.91 Å². The highest BCUT2D eigenvalue weighted by atomic mass is 19.1. The summed E-state index contributed by atoms with van der Waals surface area (Å²) >= 11 is 0. The Labute approximate surface area is 120 Å². The molecule has 0 spiro atoms. The molecule has 0 aliphatic carbocycles. The van der Waals surface area contributed by atoms with Crippen LogP contribution in [0.2, 0.25) is 0 Å². The molecule has 21 heavy (non-hydrogen) atoms.